The SMILES string of the molecule is CC(C)(C)c1cc(CCC(=O)C(N)CCN)cc(C(C)(C)C)c1O. The van der Waals surface area contributed by atoms with E-state index in [1.807, 2.05) is 12.1 Å². The van der Waals surface area contributed by atoms with Crippen molar-refractivity contribution >= 4 is 5.78 Å². The normalized spacial score (nSPS) is 13.8. The van der Waals surface area contributed by atoms with Gasteiger partial charge in [-0.1, -0.05) is 53.7 Å². The van der Waals surface area contributed by atoms with Crippen LogP contribution in [0.2, 0.25) is 0 Å². The Balaban J connectivity index is 3.14. The average Bonchev–Trinajstić information content (AvgIpc) is 2.43. The second-order valence-electron chi connectivity index (χ2n) is 8.69. The van der Waals surface area contributed by atoms with Gasteiger partial charge in [0.05, 0.1) is 6.04 Å². The second kappa shape index (κ2) is 7.66. The van der Waals surface area contributed by atoms with Crippen LogP contribution < -0.4 is 11.5 Å². The number of ketones is 1. The molecule has 0 aliphatic heterocycles. The molecule has 0 spiro atoms. The quantitative estimate of drug-likeness (QED) is 0.745. The predicted octanol–water partition coefficient (Wildman–Crippen LogP) is 3.17. The van der Waals surface area contributed by atoms with Gasteiger partial charge in [-0.25, -0.2) is 0 Å². The van der Waals surface area contributed by atoms with Gasteiger partial charge in [0.2, 0.25) is 0 Å². The molecule has 4 nitrogen and oxygen atoms in total. The third-order valence-corrected chi connectivity index (χ3v) is 4.34. The molecular formula is C20H34N2O2. The molecule has 0 bridgehead atoms. The fourth-order valence-corrected chi connectivity index (χ4v) is 2.78. The molecule has 0 saturated heterocycles. The van der Waals surface area contributed by atoms with Crippen molar-refractivity contribution in [3.05, 3.63) is 28.8 Å². The number of rotatable bonds is 6. The van der Waals surface area contributed by atoms with E-state index in [0.717, 1.165) is 16.7 Å². The molecule has 136 valence electrons. The summed E-state index contributed by atoms with van der Waals surface area (Å²) in [6.07, 6.45) is 1.55. The summed E-state index contributed by atoms with van der Waals surface area (Å²) in [5.74, 6) is 0.410. The van der Waals surface area contributed by atoms with Gasteiger partial charge in [0, 0.05) is 6.42 Å². The first-order chi connectivity index (χ1) is 10.9. The zero-order valence-electron chi connectivity index (χ0n) is 16.1. The molecule has 0 radical (unpaired) electrons. The lowest BCUT2D eigenvalue weighted by atomic mass is 9.78. The molecule has 0 saturated carbocycles. The number of nitrogens with two attached hydrogens (primary N) is 2. The van der Waals surface area contributed by atoms with Crippen molar-refractivity contribution in [3.8, 4) is 5.75 Å². The largest absolute Gasteiger partial charge is 0.507 e. The molecular weight excluding hydrogens is 300 g/mol. The molecule has 0 aromatic heterocycles. The maximum atomic E-state index is 12.1. The van der Waals surface area contributed by atoms with Gasteiger partial charge >= 0.3 is 0 Å². The highest BCUT2D eigenvalue weighted by molar-refractivity contribution is 5.84. The molecule has 0 amide bonds. The maximum Gasteiger partial charge on any atom is 0.149 e. The van der Waals surface area contributed by atoms with Gasteiger partial charge in [-0.3, -0.25) is 4.79 Å². The number of aromatic hydroxyl groups is 1. The van der Waals surface area contributed by atoms with E-state index in [-0.39, 0.29) is 16.6 Å². The molecule has 4 heteroatoms. The lowest BCUT2D eigenvalue weighted by Gasteiger charge is -2.28. The minimum absolute atomic E-state index is 0.0446. The minimum Gasteiger partial charge on any atom is -0.507 e. The first-order valence-electron chi connectivity index (χ1n) is 8.73. The highest BCUT2D eigenvalue weighted by atomic mass is 16.3. The van der Waals surface area contributed by atoms with Crippen LogP contribution in [0.5, 0.6) is 5.75 Å². The fraction of sp³-hybridized carbons (Fsp3) is 0.650. The van der Waals surface area contributed by atoms with Crippen LogP contribution in [0.1, 0.15) is 71.1 Å². The number of phenolic OH excluding ortho intramolecular Hbond substituents is 1. The van der Waals surface area contributed by atoms with Crippen LogP contribution in [0.25, 0.3) is 0 Å². The fourth-order valence-electron chi connectivity index (χ4n) is 2.78. The standard InChI is InChI=1S/C20H34N2O2/c1-19(2,3)14-11-13(7-8-17(23)16(22)9-10-21)12-15(18(14)24)20(4,5)6/h11-12,16,24H,7-10,21-22H2,1-6H3. The Morgan fingerprint density at radius 2 is 1.54 bits per heavy atom. The van der Waals surface area contributed by atoms with Crippen LogP contribution in [-0.4, -0.2) is 23.5 Å². The number of Topliss-reactive ketones (excluding diaryl/α,β-unsaturated/α-hetero) is 1. The van der Waals surface area contributed by atoms with E-state index in [4.69, 9.17) is 11.5 Å². The highest BCUT2D eigenvalue weighted by Gasteiger charge is 2.26. The number of carbonyl (C=O) groups is 1. The summed E-state index contributed by atoms with van der Waals surface area (Å²) in [5.41, 5.74) is 13.9. The van der Waals surface area contributed by atoms with Crippen molar-refractivity contribution in [1.82, 2.24) is 0 Å². The van der Waals surface area contributed by atoms with Gasteiger partial charge < -0.3 is 16.6 Å². The van der Waals surface area contributed by atoms with Gasteiger partial charge in [-0.15, -0.1) is 0 Å². The summed E-state index contributed by atoms with van der Waals surface area (Å²) in [5, 5.41) is 10.7. The molecule has 1 rings (SSSR count). The van der Waals surface area contributed by atoms with Crippen molar-refractivity contribution in [2.75, 3.05) is 6.54 Å². The van der Waals surface area contributed by atoms with Crippen LogP contribution in [0.3, 0.4) is 0 Å². The topological polar surface area (TPSA) is 89.3 Å². The summed E-state index contributed by atoms with van der Waals surface area (Å²) in [6, 6.07) is 3.56. The van der Waals surface area contributed by atoms with E-state index < -0.39 is 6.04 Å². The number of aryl methyl sites for hydroxylation is 1. The van der Waals surface area contributed by atoms with Crippen molar-refractivity contribution < 1.29 is 9.90 Å². The van der Waals surface area contributed by atoms with Gasteiger partial charge in [-0.05, 0) is 46.9 Å². The molecule has 0 aliphatic carbocycles. The molecule has 0 aliphatic rings. The molecule has 0 fully saturated rings. The minimum atomic E-state index is -0.476. The number of hydrogen-bond donors (Lipinski definition) is 3. The van der Waals surface area contributed by atoms with E-state index in [9.17, 15) is 9.90 Å². The van der Waals surface area contributed by atoms with Gasteiger partial charge in [0.1, 0.15) is 11.5 Å². The Morgan fingerprint density at radius 3 is 1.92 bits per heavy atom. The van der Waals surface area contributed by atoms with E-state index in [1.54, 1.807) is 0 Å². The molecule has 1 aromatic carbocycles. The van der Waals surface area contributed by atoms with Gasteiger partial charge in [0.15, 0.2) is 0 Å². The van der Waals surface area contributed by atoms with E-state index in [0.29, 0.717) is 31.6 Å². The zero-order valence-corrected chi connectivity index (χ0v) is 16.1. The molecule has 24 heavy (non-hydrogen) atoms. The van der Waals surface area contributed by atoms with Crippen LogP contribution in [-0.2, 0) is 22.0 Å². The van der Waals surface area contributed by atoms with Crippen molar-refractivity contribution in [3.63, 3.8) is 0 Å². The molecule has 0 heterocycles. The van der Waals surface area contributed by atoms with E-state index in [1.165, 1.54) is 0 Å². The Morgan fingerprint density at radius 1 is 1.08 bits per heavy atom. The third-order valence-electron chi connectivity index (χ3n) is 4.34. The number of hydrogen-bond acceptors (Lipinski definition) is 4. The summed E-state index contributed by atoms with van der Waals surface area (Å²) >= 11 is 0. The predicted molar refractivity (Wildman–Crippen MR) is 100 cm³/mol. The summed E-state index contributed by atoms with van der Waals surface area (Å²) in [4.78, 5) is 12.1. The smallest absolute Gasteiger partial charge is 0.149 e. The van der Waals surface area contributed by atoms with Crippen LogP contribution in [0, 0.1) is 0 Å². The lowest BCUT2D eigenvalue weighted by Crippen LogP contribution is -2.32. The monoisotopic (exact) mass is 334 g/mol. The molecule has 1 unspecified atom stereocenters. The van der Waals surface area contributed by atoms with Crippen molar-refractivity contribution in [2.45, 2.75) is 77.7 Å². The van der Waals surface area contributed by atoms with Crippen molar-refractivity contribution in [2.24, 2.45) is 11.5 Å². The Labute approximate surface area is 146 Å². The summed E-state index contributed by atoms with van der Waals surface area (Å²) in [6.45, 7) is 12.9. The number of phenols is 1. The highest BCUT2D eigenvalue weighted by Crippen LogP contribution is 2.39. The zero-order chi connectivity index (χ0) is 18.7. The van der Waals surface area contributed by atoms with E-state index >= 15 is 0 Å². The molecule has 1 aromatic rings. The molecule has 5 N–H and O–H groups in total. The first-order valence-corrected chi connectivity index (χ1v) is 8.73. The van der Waals surface area contributed by atoms with Crippen LogP contribution in [0.15, 0.2) is 12.1 Å². The Kier molecular flexibility index (Phi) is 6.59. The van der Waals surface area contributed by atoms with Crippen molar-refractivity contribution in [1.29, 1.82) is 0 Å². The number of carbonyl (C=O) groups excluding carboxylic acids is 1. The third kappa shape index (κ3) is 5.32. The average molecular weight is 335 g/mol. The first kappa shape index (κ1) is 20.7. The Bertz CT molecular complexity index is 545. The lowest BCUT2D eigenvalue weighted by molar-refractivity contribution is -0.120. The van der Waals surface area contributed by atoms with E-state index in [2.05, 4.69) is 41.5 Å². The number of benzene rings is 1. The summed E-state index contributed by atoms with van der Waals surface area (Å²) in [7, 11) is 0. The molecule has 1 atom stereocenters. The van der Waals surface area contributed by atoms with Crippen LogP contribution >= 0.6 is 0 Å². The summed E-state index contributed by atoms with van der Waals surface area (Å²) < 4.78 is 0. The van der Waals surface area contributed by atoms with Gasteiger partial charge in [-0.2, -0.15) is 0 Å². The maximum absolute atomic E-state index is 12.1. The second-order valence-corrected chi connectivity index (χ2v) is 8.69. The Hall–Kier alpha value is -1.39. The van der Waals surface area contributed by atoms with Gasteiger partial charge in [0.25, 0.3) is 0 Å². The van der Waals surface area contributed by atoms with Crippen LogP contribution in [0.4, 0.5) is 0 Å².